The number of unbranched alkanes of at least 4 members (excludes halogenated alkanes) is 13. The molecule has 0 aliphatic heterocycles. The molecule has 0 radical (unpaired) electrons. The molecule has 0 rings (SSSR count). The van der Waals surface area contributed by atoms with Gasteiger partial charge in [-0.25, -0.2) is 0 Å². The van der Waals surface area contributed by atoms with Gasteiger partial charge in [0.15, 0.2) is 0 Å². The minimum absolute atomic E-state index is 0.162. The SMILES string of the molecule is CCCCCCCCCCCCCCCCOC(=O)CCCl. The minimum Gasteiger partial charge on any atom is -0.466 e. The molecule has 0 atom stereocenters. The van der Waals surface area contributed by atoms with Gasteiger partial charge < -0.3 is 4.74 Å². The zero-order valence-corrected chi connectivity index (χ0v) is 15.5. The number of carbonyl (C=O) groups is 1. The maximum absolute atomic E-state index is 11.1. The molecule has 22 heavy (non-hydrogen) atoms. The summed E-state index contributed by atoms with van der Waals surface area (Å²) in [7, 11) is 0. The van der Waals surface area contributed by atoms with Gasteiger partial charge in [-0.3, -0.25) is 4.79 Å². The Bertz CT molecular complexity index is 231. The van der Waals surface area contributed by atoms with E-state index in [1.807, 2.05) is 0 Å². The third kappa shape index (κ3) is 17.8. The molecule has 0 saturated carbocycles. The Kier molecular flexibility index (Phi) is 18.6. The molecule has 0 unspecified atom stereocenters. The summed E-state index contributed by atoms with van der Waals surface area (Å²) in [5.41, 5.74) is 0. The Balaban J connectivity index is 3.01. The zero-order chi connectivity index (χ0) is 16.3. The lowest BCUT2D eigenvalue weighted by Gasteiger charge is -2.04. The van der Waals surface area contributed by atoms with E-state index in [0.717, 1.165) is 6.42 Å². The monoisotopic (exact) mass is 332 g/mol. The highest BCUT2D eigenvalue weighted by Crippen LogP contribution is 2.12. The molecule has 0 spiro atoms. The summed E-state index contributed by atoms with van der Waals surface area (Å²) in [6.07, 6.45) is 19.1. The van der Waals surface area contributed by atoms with Crippen molar-refractivity contribution >= 4 is 17.6 Å². The second-order valence-electron chi connectivity index (χ2n) is 6.26. The standard InChI is InChI=1S/C19H37ClO2/c1-2-3-4-5-6-7-8-9-10-11-12-13-14-15-18-22-19(21)16-17-20/h2-18H2,1H3. The number of halogens is 1. The zero-order valence-electron chi connectivity index (χ0n) is 14.7. The molecule has 0 aliphatic rings. The molecular weight excluding hydrogens is 296 g/mol. The molecule has 0 aromatic carbocycles. The Morgan fingerprint density at radius 1 is 0.727 bits per heavy atom. The predicted molar refractivity (Wildman–Crippen MR) is 96.6 cm³/mol. The summed E-state index contributed by atoms with van der Waals surface area (Å²) < 4.78 is 5.07. The number of hydrogen-bond acceptors (Lipinski definition) is 2. The fourth-order valence-corrected chi connectivity index (χ4v) is 2.79. The van der Waals surface area contributed by atoms with Crippen LogP contribution in [0.3, 0.4) is 0 Å². The van der Waals surface area contributed by atoms with Gasteiger partial charge in [-0.2, -0.15) is 0 Å². The average Bonchev–Trinajstić information content (AvgIpc) is 2.51. The van der Waals surface area contributed by atoms with Crippen LogP contribution in [0.4, 0.5) is 0 Å². The van der Waals surface area contributed by atoms with E-state index in [1.54, 1.807) is 0 Å². The summed E-state index contributed by atoms with van der Waals surface area (Å²) >= 11 is 5.47. The van der Waals surface area contributed by atoms with Crippen LogP contribution in [0, 0.1) is 0 Å². The van der Waals surface area contributed by atoms with Gasteiger partial charge in [0.05, 0.1) is 13.0 Å². The van der Waals surface area contributed by atoms with E-state index in [9.17, 15) is 4.79 Å². The second-order valence-corrected chi connectivity index (χ2v) is 6.63. The van der Waals surface area contributed by atoms with Crippen molar-refractivity contribution < 1.29 is 9.53 Å². The van der Waals surface area contributed by atoms with E-state index in [4.69, 9.17) is 16.3 Å². The van der Waals surface area contributed by atoms with Gasteiger partial charge in [-0.05, 0) is 6.42 Å². The molecule has 2 nitrogen and oxygen atoms in total. The van der Waals surface area contributed by atoms with Crippen molar-refractivity contribution in [3.8, 4) is 0 Å². The van der Waals surface area contributed by atoms with Crippen LogP contribution in [0.25, 0.3) is 0 Å². The number of carbonyl (C=O) groups excluding carboxylic acids is 1. The van der Waals surface area contributed by atoms with Gasteiger partial charge in [0.2, 0.25) is 0 Å². The van der Waals surface area contributed by atoms with E-state index in [-0.39, 0.29) is 5.97 Å². The Labute approximate surface area is 143 Å². The highest BCUT2D eigenvalue weighted by atomic mass is 35.5. The van der Waals surface area contributed by atoms with Crippen LogP contribution in [-0.4, -0.2) is 18.5 Å². The second kappa shape index (κ2) is 18.8. The fourth-order valence-electron chi connectivity index (χ4n) is 2.63. The van der Waals surface area contributed by atoms with Gasteiger partial charge >= 0.3 is 5.97 Å². The van der Waals surface area contributed by atoms with Crippen molar-refractivity contribution in [2.24, 2.45) is 0 Å². The van der Waals surface area contributed by atoms with Gasteiger partial charge in [0, 0.05) is 5.88 Å². The molecule has 0 aromatic heterocycles. The van der Waals surface area contributed by atoms with E-state index in [2.05, 4.69) is 6.92 Å². The lowest BCUT2D eigenvalue weighted by atomic mass is 10.0. The highest BCUT2D eigenvalue weighted by molar-refractivity contribution is 6.18. The molecule has 0 aliphatic carbocycles. The van der Waals surface area contributed by atoms with Crippen molar-refractivity contribution in [1.82, 2.24) is 0 Å². The van der Waals surface area contributed by atoms with Crippen molar-refractivity contribution in [2.45, 2.75) is 103 Å². The third-order valence-corrected chi connectivity index (χ3v) is 4.25. The van der Waals surface area contributed by atoms with Crippen molar-refractivity contribution in [3.05, 3.63) is 0 Å². The topological polar surface area (TPSA) is 26.3 Å². The van der Waals surface area contributed by atoms with E-state index in [1.165, 1.54) is 83.5 Å². The number of rotatable bonds is 17. The molecule has 0 bridgehead atoms. The Morgan fingerprint density at radius 2 is 1.14 bits per heavy atom. The van der Waals surface area contributed by atoms with Crippen LogP contribution in [-0.2, 0) is 9.53 Å². The first-order valence-corrected chi connectivity index (χ1v) is 10.1. The molecule has 0 aromatic rings. The van der Waals surface area contributed by atoms with Crippen molar-refractivity contribution in [1.29, 1.82) is 0 Å². The number of esters is 1. The lowest BCUT2D eigenvalue weighted by Crippen LogP contribution is -2.06. The highest BCUT2D eigenvalue weighted by Gasteiger charge is 2.00. The summed E-state index contributed by atoms with van der Waals surface area (Å²) in [5, 5.41) is 0. The molecule has 3 heteroatoms. The Hall–Kier alpha value is -0.240. The normalized spacial score (nSPS) is 10.8. The summed E-state index contributed by atoms with van der Waals surface area (Å²) in [5.74, 6) is 0.196. The average molecular weight is 333 g/mol. The molecule has 0 heterocycles. The van der Waals surface area contributed by atoms with Crippen LogP contribution in [0.15, 0.2) is 0 Å². The number of hydrogen-bond donors (Lipinski definition) is 0. The lowest BCUT2D eigenvalue weighted by molar-refractivity contribution is -0.143. The quantitative estimate of drug-likeness (QED) is 0.169. The van der Waals surface area contributed by atoms with Crippen LogP contribution < -0.4 is 0 Å². The van der Waals surface area contributed by atoms with Crippen LogP contribution in [0.2, 0.25) is 0 Å². The maximum atomic E-state index is 11.1. The Morgan fingerprint density at radius 3 is 1.55 bits per heavy atom. The molecule has 132 valence electrons. The summed E-state index contributed by atoms with van der Waals surface area (Å²) in [6.45, 7) is 2.84. The molecule has 0 amide bonds. The number of ether oxygens (including phenoxy) is 1. The molecule has 0 N–H and O–H groups in total. The van der Waals surface area contributed by atoms with Crippen molar-refractivity contribution in [3.63, 3.8) is 0 Å². The first kappa shape index (κ1) is 21.8. The van der Waals surface area contributed by atoms with Gasteiger partial charge in [0.1, 0.15) is 0 Å². The van der Waals surface area contributed by atoms with E-state index in [0.29, 0.717) is 18.9 Å². The van der Waals surface area contributed by atoms with Crippen LogP contribution in [0.5, 0.6) is 0 Å². The molecule has 0 fully saturated rings. The summed E-state index contributed by atoms with van der Waals surface area (Å²) in [4.78, 5) is 11.1. The van der Waals surface area contributed by atoms with Gasteiger partial charge in [-0.15, -0.1) is 11.6 Å². The molecular formula is C19H37ClO2. The largest absolute Gasteiger partial charge is 0.466 e. The van der Waals surface area contributed by atoms with E-state index < -0.39 is 0 Å². The maximum Gasteiger partial charge on any atom is 0.306 e. The first-order valence-electron chi connectivity index (χ1n) is 9.52. The number of alkyl halides is 1. The van der Waals surface area contributed by atoms with Gasteiger partial charge in [-0.1, -0.05) is 90.4 Å². The van der Waals surface area contributed by atoms with Crippen LogP contribution in [0.1, 0.15) is 103 Å². The summed E-state index contributed by atoms with van der Waals surface area (Å²) in [6, 6.07) is 0. The fraction of sp³-hybridized carbons (Fsp3) is 0.947. The third-order valence-electron chi connectivity index (χ3n) is 4.06. The minimum atomic E-state index is -0.162. The first-order chi connectivity index (χ1) is 10.8. The van der Waals surface area contributed by atoms with E-state index >= 15 is 0 Å². The molecule has 0 saturated heterocycles. The smallest absolute Gasteiger partial charge is 0.306 e. The van der Waals surface area contributed by atoms with Crippen LogP contribution >= 0.6 is 11.6 Å². The van der Waals surface area contributed by atoms with Gasteiger partial charge in [0.25, 0.3) is 0 Å². The van der Waals surface area contributed by atoms with Crippen molar-refractivity contribution in [2.75, 3.05) is 12.5 Å². The predicted octanol–water partition coefficient (Wildman–Crippen LogP) is 6.64.